The molecule has 3 amide bonds. The van der Waals surface area contributed by atoms with Crippen LogP contribution in [0.15, 0.2) is 29.8 Å². The predicted molar refractivity (Wildman–Crippen MR) is 171 cm³/mol. The summed E-state index contributed by atoms with van der Waals surface area (Å²) >= 11 is 1.59. The normalized spacial score (nSPS) is 20.5. The van der Waals surface area contributed by atoms with Crippen LogP contribution in [0.4, 0.5) is 0 Å². The van der Waals surface area contributed by atoms with Crippen molar-refractivity contribution >= 4 is 29.1 Å². The molecular formula is C32H48N6O5S. The van der Waals surface area contributed by atoms with Gasteiger partial charge < -0.3 is 36.0 Å². The van der Waals surface area contributed by atoms with Gasteiger partial charge >= 0.3 is 0 Å². The lowest BCUT2D eigenvalue weighted by molar-refractivity contribution is -0.145. The summed E-state index contributed by atoms with van der Waals surface area (Å²) in [5, 5.41) is 16.3. The van der Waals surface area contributed by atoms with E-state index in [4.69, 9.17) is 10.5 Å². The number of aryl methyl sites for hydroxylation is 1. The molecule has 2 aromatic rings. The number of benzene rings is 1. The molecule has 4 rings (SSSR count). The first-order chi connectivity index (χ1) is 21.0. The molecule has 11 nitrogen and oxygen atoms in total. The van der Waals surface area contributed by atoms with E-state index >= 15 is 0 Å². The third-order valence-electron chi connectivity index (χ3n) is 8.37. The number of aliphatic hydroxyl groups is 1. The zero-order chi connectivity index (χ0) is 31.9. The van der Waals surface area contributed by atoms with Crippen molar-refractivity contribution < 1.29 is 24.2 Å². The monoisotopic (exact) mass is 628 g/mol. The number of nitrogens with two attached hydrogens (primary N) is 1. The lowest BCUT2D eigenvalue weighted by Crippen LogP contribution is -2.58. The maximum atomic E-state index is 13.8. The Labute approximate surface area is 264 Å². The molecule has 3 atom stereocenters. The van der Waals surface area contributed by atoms with Crippen molar-refractivity contribution in [3.05, 3.63) is 41.0 Å². The van der Waals surface area contributed by atoms with Gasteiger partial charge in [0.15, 0.2) is 0 Å². The summed E-state index contributed by atoms with van der Waals surface area (Å²) in [6.45, 7) is 11.2. The summed E-state index contributed by atoms with van der Waals surface area (Å²) in [6.07, 6.45) is 1.96. The summed E-state index contributed by atoms with van der Waals surface area (Å²) in [7, 11) is 0. The highest BCUT2D eigenvalue weighted by atomic mass is 32.1. The highest BCUT2D eigenvalue weighted by Gasteiger charge is 2.44. The second-order valence-corrected chi connectivity index (χ2v) is 13.8. The van der Waals surface area contributed by atoms with Gasteiger partial charge in [-0.2, -0.15) is 0 Å². The molecule has 0 aliphatic carbocycles. The molecule has 2 unspecified atom stereocenters. The van der Waals surface area contributed by atoms with Crippen LogP contribution >= 0.6 is 11.3 Å². The first-order valence-electron chi connectivity index (χ1n) is 15.5. The summed E-state index contributed by atoms with van der Waals surface area (Å²) in [5.74, 6) is -1.10. The lowest BCUT2D eigenvalue weighted by atomic mass is 9.85. The molecular weight excluding hydrogens is 580 g/mol. The molecule has 2 saturated heterocycles. The van der Waals surface area contributed by atoms with E-state index in [1.54, 1.807) is 11.3 Å². The van der Waals surface area contributed by atoms with Crippen molar-refractivity contribution in [2.24, 2.45) is 11.1 Å². The molecule has 3 heterocycles. The molecule has 242 valence electrons. The number of nitrogens with one attached hydrogen (secondary N) is 2. The van der Waals surface area contributed by atoms with Crippen molar-refractivity contribution in [1.82, 2.24) is 25.4 Å². The van der Waals surface area contributed by atoms with Crippen LogP contribution in [-0.4, -0.2) is 101 Å². The molecule has 0 bridgehead atoms. The maximum Gasteiger partial charge on any atom is 0.246 e. The molecule has 1 aromatic carbocycles. The lowest BCUT2D eigenvalue weighted by Gasteiger charge is -2.35. The minimum Gasteiger partial charge on any atom is -0.391 e. The Kier molecular flexibility index (Phi) is 11.9. The number of carbonyl (C=O) groups excluding carboxylic acids is 3. The van der Waals surface area contributed by atoms with Gasteiger partial charge in [-0.3, -0.25) is 14.4 Å². The molecule has 2 aliphatic heterocycles. The maximum absolute atomic E-state index is 13.8. The van der Waals surface area contributed by atoms with E-state index in [-0.39, 0.29) is 49.9 Å². The fourth-order valence-electron chi connectivity index (χ4n) is 5.79. The first-order valence-corrected chi connectivity index (χ1v) is 16.4. The number of nitrogens with zero attached hydrogens (tertiary/aromatic N) is 3. The van der Waals surface area contributed by atoms with E-state index in [0.717, 1.165) is 60.6 Å². The Hall–Kier alpha value is -2.90. The van der Waals surface area contributed by atoms with Crippen molar-refractivity contribution in [1.29, 1.82) is 0 Å². The van der Waals surface area contributed by atoms with Crippen LogP contribution in [0.2, 0.25) is 0 Å². The SMILES string of the molecule is Cc1ncsc1-c1ccc(CNC(=O)C2CC(O)CN2C(=O)[C@@H](NC(=O)COC2CCN(CCCN)CC2)C(C)(C)C)cc1. The average molecular weight is 629 g/mol. The number of carbonyl (C=O) groups is 3. The average Bonchev–Trinajstić information content (AvgIpc) is 3.61. The number of piperidine rings is 1. The highest BCUT2D eigenvalue weighted by Crippen LogP contribution is 2.28. The van der Waals surface area contributed by atoms with E-state index < -0.39 is 23.6 Å². The fraction of sp³-hybridized carbons (Fsp3) is 0.625. The molecule has 1 aromatic heterocycles. The molecule has 0 radical (unpaired) electrons. The number of hydrogen-bond donors (Lipinski definition) is 4. The Morgan fingerprint density at radius 2 is 1.89 bits per heavy atom. The third kappa shape index (κ3) is 9.07. The largest absolute Gasteiger partial charge is 0.391 e. The van der Waals surface area contributed by atoms with Crippen molar-refractivity contribution in [3.8, 4) is 10.4 Å². The minimum atomic E-state index is -0.889. The summed E-state index contributed by atoms with van der Waals surface area (Å²) in [4.78, 5) is 49.3. The standard InChI is InChI=1S/C32H48N6O5S/c1-21-28(44-20-35-21)23-8-6-22(7-9-23)17-34-30(41)26-16-24(39)18-38(26)31(42)29(32(2,3)4)36-27(40)19-43-25-10-14-37(15-11-25)13-5-12-33/h6-9,20,24-26,29,39H,5,10-19,33H2,1-4H3,(H,34,41)(H,36,40)/t24?,26?,29-/m1/s1. The van der Waals surface area contributed by atoms with Crippen LogP contribution in [0, 0.1) is 12.3 Å². The van der Waals surface area contributed by atoms with Gasteiger partial charge in [-0.25, -0.2) is 4.98 Å². The number of amides is 3. The Bertz CT molecular complexity index is 1250. The first kappa shape index (κ1) is 34.0. The van der Waals surface area contributed by atoms with Crippen molar-refractivity contribution in [3.63, 3.8) is 0 Å². The molecule has 12 heteroatoms. The Morgan fingerprint density at radius 1 is 1.18 bits per heavy atom. The number of thiazole rings is 1. The van der Waals surface area contributed by atoms with E-state index in [9.17, 15) is 19.5 Å². The topological polar surface area (TPSA) is 150 Å². The van der Waals surface area contributed by atoms with Gasteiger partial charge in [0.2, 0.25) is 17.7 Å². The van der Waals surface area contributed by atoms with Crippen LogP contribution in [0.1, 0.15) is 57.7 Å². The zero-order valence-electron chi connectivity index (χ0n) is 26.4. The highest BCUT2D eigenvalue weighted by molar-refractivity contribution is 7.13. The Morgan fingerprint density at radius 3 is 2.50 bits per heavy atom. The van der Waals surface area contributed by atoms with Gasteiger partial charge in [-0.15, -0.1) is 11.3 Å². The van der Waals surface area contributed by atoms with Crippen LogP contribution in [0.3, 0.4) is 0 Å². The van der Waals surface area contributed by atoms with Gasteiger partial charge in [0.25, 0.3) is 0 Å². The number of aromatic nitrogens is 1. The second kappa shape index (κ2) is 15.4. The van der Waals surface area contributed by atoms with Crippen molar-refractivity contribution in [2.45, 2.75) is 84.2 Å². The smallest absolute Gasteiger partial charge is 0.246 e. The van der Waals surface area contributed by atoms with Crippen LogP contribution < -0.4 is 16.4 Å². The zero-order valence-corrected chi connectivity index (χ0v) is 27.2. The summed E-state index contributed by atoms with van der Waals surface area (Å²) < 4.78 is 5.91. The van der Waals surface area contributed by atoms with E-state index in [1.165, 1.54) is 4.90 Å². The minimum absolute atomic E-state index is 0.00603. The number of β-amino-alcohol motifs (C(OH)–C–C–N with tert-alkyl or cyclic N) is 1. The predicted octanol–water partition coefficient (Wildman–Crippen LogP) is 2.06. The summed E-state index contributed by atoms with van der Waals surface area (Å²) in [6, 6.07) is 6.20. The van der Waals surface area contributed by atoms with E-state index in [1.807, 2.05) is 57.5 Å². The van der Waals surface area contributed by atoms with Crippen molar-refractivity contribution in [2.75, 3.05) is 39.3 Å². The third-order valence-corrected chi connectivity index (χ3v) is 9.35. The van der Waals surface area contributed by atoms with Gasteiger partial charge in [-0.05, 0) is 55.8 Å². The number of rotatable bonds is 12. The number of hydrogen-bond acceptors (Lipinski definition) is 9. The summed E-state index contributed by atoms with van der Waals surface area (Å²) in [5.41, 5.74) is 9.77. The molecule has 0 saturated carbocycles. The number of aliphatic hydroxyl groups excluding tert-OH is 1. The fourth-order valence-corrected chi connectivity index (χ4v) is 6.60. The molecule has 2 aliphatic rings. The van der Waals surface area contributed by atoms with Crippen LogP contribution in [-0.2, 0) is 25.7 Å². The number of ether oxygens (including phenoxy) is 1. The Balaban J connectivity index is 1.31. The van der Waals surface area contributed by atoms with Crippen LogP contribution in [0.5, 0.6) is 0 Å². The number of likely N-dealkylation sites (tertiary alicyclic amines) is 2. The van der Waals surface area contributed by atoms with E-state index in [2.05, 4.69) is 20.5 Å². The van der Waals surface area contributed by atoms with Gasteiger partial charge in [-0.1, -0.05) is 45.0 Å². The van der Waals surface area contributed by atoms with Crippen LogP contribution in [0.25, 0.3) is 10.4 Å². The van der Waals surface area contributed by atoms with Gasteiger partial charge in [0.1, 0.15) is 18.7 Å². The van der Waals surface area contributed by atoms with E-state index in [0.29, 0.717) is 6.54 Å². The molecule has 44 heavy (non-hydrogen) atoms. The quantitative estimate of drug-likeness (QED) is 0.279. The molecule has 0 spiro atoms. The molecule has 2 fully saturated rings. The van der Waals surface area contributed by atoms with Gasteiger partial charge in [0.05, 0.1) is 28.3 Å². The second-order valence-electron chi connectivity index (χ2n) is 12.9. The van der Waals surface area contributed by atoms with Gasteiger partial charge in [0, 0.05) is 32.6 Å². The molecule has 5 N–H and O–H groups in total.